The molecule has 0 fully saturated rings. The fourth-order valence-electron chi connectivity index (χ4n) is 3.67. The number of benzene rings is 2. The van der Waals surface area contributed by atoms with Crippen LogP contribution in [0.25, 0.3) is 20.7 Å². The number of amides is 2. The first-order chi connectivity index (χ1) is 15.5. The topological polar surface area (TPSA) is 108 Å². The maximum Gasteiger partial charge on any atom is 0.262 e. The van der Waals surface area contributed by atoms with Gasteiger partial charge in [0.2, 0.25) is 5.91 Å². The predicted octanol–water partition coefficient (Wildman–Crippen LogP) is 2.40. The highest BCUT2D eigenvalue weighted by Crippen LogP contribution is 2.33. The average Bonchev–Trinajstić information content (AvgIpc) is 3.26. The number of aromatic nitrogens is 2. The highest BCUT2D eigenvalue weighted by atomic mass is 32.1. The first-order valence-corrected chi connectivity index (χ1v) is 10.7. The molecule has 3 heterocycles. The maximum absolute atomic E-state index is 13.1. The number of fused-ring (bicyclic) bond motifs is 2. The molecule has 160 valence electrons. The van der Waals surface area contributed by atoms with Gasteiger partial charge in [0.1, 0.15) is 17.1 Å². The van der Waals surface area contributed by atoms with E-state index < -0.39 is 12.0 Å². The molecule has 1 atom stereocenters. The summed E-state index contributed by atoms with van der Waals surface area (Å²) in [4.78, 5) is 45.3. The van der Waals surface area contributed by atoms with Crippen molar-refractivity contribution in [3.05, 3.63) is 77.3 Å². The van der Waals surface area contributed by atoms with Crippen LogP contribution in [0.3, 0.4) is 0 Å². The second-order valence-electron chi connectivity index (χ2n) is 7.35. The number of nitrogens with zero attached hydrogens (tertiary/aromatic N) is 3. The molecule has 4 aromatic rings. The largest absolute Gasteiger partial charge is 0.477 e. The lowest BCUT2D eigenvalue weighted by Crippen LogP contribution is -2.50. The van der Waals surface area contributed by atoms with Crippen molar-refractivity contribution in [3.8, 4) is 16.2 Å². The van der Waals surface area contributed by atoms with Crippen LogP contribution in [0.4, 0.5) is 5.69 Å². The van der Waals surface area contributed by atoms with E-state index in [1.54, 1.807) is 30.3 Å². The molecule has 0 radical (unpaired) electrons. The van der Waals surface area contributed by atoms with Gasteiger partial charge in [0, 0.05) is 4.88 Å². The molecule has 5 rings (SSSR count). The molecule has 8 nitrogen and oxygen atoms in total. The first-order valence-electron chi connectivity index (χ1n) is 9.91. The van der Waals surface area contributed by atoms with Gasteiger partial charge in [-0.25, -0.2) is 4.98 Å². The van der Waals surface area contributed by atoms with Crippen molar-refractivity contribution in [3.63, 3.8) is 0 Å². The SMILES string of the molecule is NC(=O)C1CN(C(=O)Cn2cnc3sc(-c4ccccc4)cc3c2=O)c2ccccc2O1. The van der Waals surface area contributed by atoms with Crippen molar-refractivity contribution in [2.75, 3.05) is 11.4 Å². The molecule has 0 aliphatic carbocycles. The molecule has 32 heavy (non-hydrogen) atoms. The van der Waals surface area contributed by atoms with Crippen LogP contribution in [0.5, 0.6) is 5.75 Å². The number of thiophene rings is 1. The lowest BCUT2D eigenvalue weighted by molar-refractivity contribution is -0.125. The second kappa shape index (κ2) is 7.93. The van der Waals surface area contributed by atoms with E-state index in [1.807, 2.05) is 30.3 Å². The number of hydrogen-bond acceptors (Lipinski definition) is 6. The molecular weight excluding hydrogens is 428 g/mol. The number of rotatable bonds is 4. The summed E-state index contributed by atoms with van der Waals surface area (Å²) in [6.45, 7) is -0.246. The summed E-state index contributed by atoms with van der Waals surface area (Å²) in [6, 6.07) is 18.4. The summed E-state index contributed by atoms with van der Waals surface area (Å²) in [7, 11) is 0. The number of carbonyl (C=O) groups is 2. The summed E-state index contributed by atoms with van der Waals surface area (Å²) >= 11 is 1.43. The monoisotopic (exact) mass is 446 g/mol. The minimum absolute atomic E-state index is 0.0216. The summed E-state index contributed by atoms with van der Waals surface area (Å²) in [5.74, 6) is -0.639. The second-order valence-corrected chi connectivity index (χ2v) is 8.38. The zero-order chi connectivity index (χ0) is 22.2. The Bertz CT molecular complexity index is 1400. The number of para-hydroxylation sites is 2. The molecule has 2 N–H and O–H groups in total. The molecule has 2 aromatic heterocycles. The summed E-state index contributed by atoms with van der Waals surface area (Å²) in [6.07, 6.45) is 0.419. The maximum atomic E-state index is 13.1. The van der Waals surface area contributed by atoms with Crippen molar-refractivity contribution >= 4 is 39.1 Å². The van der Waals surface area contributed by atoms with E-state index in [1.165, 1.54) is 27.1 Å². The van der Waals surface area contributed by atoms with Crippen LogP contribution < -0.4 is 20.9 Å². The third kappa shape index (κ3) is 3.52. The average molecular weight is 446 g/mol. The van der Waals surface area contributed by atoms with Gasteiger partial charge in [-0.15, -0.1) is 11.3 Å². The Kier molecular flexibility index (Phi) is 4.95. The van der Waals surface area contributed by atoms with Gasteiger partial charge >= 0.3 is 0 Å². The van der Waals surface area contributed by atoms with Crippen LogP contribution in [-0.2, 0) is 16.1 Å². The van der Waals surface area contributed by atoms with E-state index in [0.717, 1.165) is 10.4 Å². The van der Waals surface area contributed by atoms with Crippen molar-refractivity contribution in [1.29, 1.82) is 0 Å². The van der Waals surface area contributed by atoms with E-state index in [9.17, 15) is 14.4 Å². The van der Waals surface area contributed by atoms with Crippen molar-refractivity contribution < 1.29 is 14.3 Å². The third-order valence-corrected chi connectivity index (χ3v) is 6.37. The van der Waals surface area contributed by atoms with Gasteiger partial charge in [0.25, 0.3) is 11.5 Å². The Morgan fingerprint density at radius 1 is 1.12 bits per heavy atom. The Balaban J connectivity index is 1.47. The normalized spacial score (nSPS) is 15.2. The molecule has 0 saturated carbocycles. The van der Waals surface area contributed by atoms with E-state index in [2.05, 4.69) is 4.98 Å². The Morgan fingerprint density at radius 3 is 2.66 bits per heavy atom. The van der Waals surface area contributed by atoms with Crippen molar-refractivity contribution in [2.24, 2.45) is 5.73 Å². The van der Waals surface area contributed by atoms with Crippen LogP contribution in [0.15, 0.2) is 71.8 Å². The Labute approximate surface area is 186 Å². The fourth-order valence-corrected chi connectivity index (χ4v) is 4.66. The number of ether oxygens (including phenoxy) is 1. The summed E-state index contributed by atoms with van der Waals surface area (Å²) in [5, 5.41) is 0.460. The minimum Gasteiger partial charge on any atom is -0.477 e. The van der Waals surface area contributed by atoms with Crippen LogP contribution in [0, 0.1) is 0 Å². The number of carbonyl (C=O) groups excluding carboxylic acids is 2. The Hall–Kier alpha value is -3.98. The number of nitrogens with two attached hydrogens (primary N) is 1. The van der Waals surface area contributed by atoms with E-state index in [4.69, 9.17) is 10.5 Å². The predicted molar refractivity (Wildman–Crippen MR) is 122 cm³/mol. The van der Waals surface area contributed by atoms with Gasteiger partial charge in [0.15, 0.2) is 6.10 Å². The molecule has 9 heteroatoms. The lowest BCUT2D eigenvalue weighted by atomic mass is 10.1. The standard InChI is InChI=1S/C23H18N4O4S/c24-21(29)18-11-27(16-8-4-5-9-17(16)31-18)20(28)12-26-13-25-22-15(23(26)30)10-19(32-22)14-6-2-1-3-7-14/h1-10,13,18H,11-12H2,(H2,24,29). The molecule has 1 aliphatic heterocycles. The van der Waals surface area contributed by atoms with Gasteiger partial charge in [0.05, 0.1) is 23.9 Å². The van der Waals surface area contributed by atoms with Gasteiger partial charge in [-0.2, -0.15) is 0 Å². The third-order valence-electron chi connectivity index (χ3n) is 5.27. The lowest BCUT2D eigenvalue weighted by Gasteiger charge is -2.33. The number of primary amides is 1. The number of hydrogen-bond donors (Lipinski definition) is 1. The minimum atomic E-state index is -0.962. The molecule has 0 saturated heterocycles. The molecule has 1 unspecified atom stereocenters. The quantitative estimate of drug-likeness (QED) is 0.518. The highest BCUT2D eigenvalue weighted by Gasteiger charge is 2.32. The van der Waals surface area contributed by atoms with Crippen LogP contribution in [0.2, 0.25) is 0 Å². The highest BCUT2D eigenvalue weighted by molar-refractivity contribution is 7.21. The molecule has 2 amide bonds. The van der Waals surface area contributed by atoms with Crippen LogP contribution in [-0.4, -0.2) is 34.0 Å². The molecule has 0 spiro atoms. The molecule has 1 aliphatic rings. The van der Waals surface area contributed by atoms with E-state index >= 15 is 0 Å². The van der Waals surface area contributed by atoms with Gasteiger partial charge in [-0.1, -0.05) is 42.5 Å². The van der Waals surface area contributed by atoms with E-state index in [0.29, 0.717) is 21.7 Å². The van der Waals surface area contributed by atoms with Crippen molar-refractivity contribution in [1.82, 2.24) is 9.55 Å². The van der Waals surface area contributed by atoms with Crippen molar-refractivity contribution in [2.45, 2.75) is 12.6 Å². The molecule has 0 bridgehead atoms. The fraction of sp³-hybridized carbons (Fsp3) is 0.130. The molecule has 2 aromatic carbocycles. The molecular formula is C23H18N4O4S. The van der Waals surface area contributed by atoms with Crippen LogP contribution >= 0.6 is 11.3 Å². The van der Waals surface area contributed by atoms with Gasteiger partial charge in [-0.05, 0) is 23.8 Å². The van der Waals surface area contributed by atoms with Gasteiger partial charge in [-0.3, -0.25) is 19.0 Å². The first kappa shape index (κ1) is 20.0. The Morgan fingerprint density at radius 2 is 1.88 bits per heavy atom. The smallest absolute Gasteiger partial charge is 0.262 e. The van der Waals surface area contributed by atoms with Crippen LogP contribution in [0.1, 0.15) is 0 Å². The van der Waals surface area contributed by atoms with E-state index in [-0.39, 0.29) is 24.6 Å². The zero-order valence-electron chi connectivity index (χ0n) is 16.8. The van der Waals surface area contributed by atoms with Gasteiger partial charge < -0.3 is 15.4 Å². The zero-order valence-corrected chi connectivity index (χ0v) is 17.6. The summed E-state index contributed by atoms with van der Waals surface area (Å²) < 4.78 is 6.88. The summed E-state index contributed by atoms with van der Waals surface area (Å²) in [5.41, 5.74) is 6.64. The number of anilines is 1.